The molecule has 7 nitrogen and oxygen atoms in total. The minimum Gasteiger partial charge on any atom is -0.490 e. The van der Waals surface area contributed by atoms with Crippen LogP contribution in [0.2, 0.25) is 0 Å². The predicted octanol–water partition coefficient (Wildman–Crippen LogP) is 2.33. The van der Waals surface area contributed by atoms with E-state index in [1.54, 1.807) is 11.1 Å². The fourth-order valence-electron chi connectivity index (χ4n) is 3.06. The van der Waals surface area contributed by atoms with Crippen LogP contribution < -0.4 is 10.1 Å². The number of hydrogen-bond acceptors (Lipinski definition) is 6. The molecular weight excluding hydrogens is 320 g/mol. The summed E-state index contributed by atoms with van der Waals surface area (Å²) >= 11 is 0. The molecule has 0 atom stereocenters. The average molecular weight is 340 g/mol. The van der Waals surface area contributed by atoms with Crippen LogP contribution in [0.3, 0.4) is 0 Å². The van der Waals surface area contributed by atoms with Crippen LogP contribution in [0.4, 0.5) is 10.6 Å². The van der Waals surface area contributed by atoms with Gasteiger partial charge in [0.1, 0.15) is 24.8 Å². The maximum Gasteiger partial charge on any atom is 0.410 e. The molecule has 0 radical (unpaired) electrons. The molecule has 0 bridgehead atoms. The Hall–Kier alpha value is -2.83. The quantitative estimate of drug-likeness (QED) is 0.900. The van der Waals surface area contributed by atoms with E-state index in [-0.39, 0.29) is 6.09 Å². The topological polar surface area (TPSA) is 76.6 Å². The Balaban J connectivity index is 1.43. The zero-order chi connectivity index (χ0) is 17.1. The van der Waals surface area contributed by atoms with E-state index in [1.807, 2.05) is 18.5 Å². The number of carbonyl (C=O) groups excluding carboxylic acids is 1. The first kappa shape index (κ1) is 15.7. The molecule has 25 heavy (non-hydrogen) atoms. The molecule has 0 saturated carbocycles. The summed E-state index contributed by atoms with van der Waals surface area (Å²) in [7, 11) is 0. The molecule has 1 saturated heterocycles. The molecule has 1 fully saturated rings. The van der Waals surface area contributed by atoms with Crippen LogP contribution in [-0.4, -0.2) is 53.8 Å². The number of cyclic esters (lactones) is 1. The van der Waals surface area contributed by atoms with Gasteiger partial charge in [0.15, 0.2) is 0 Å². The van der Waals surface area contributed by atoms with Gasteiger partial charge in [-0.05, 0) is 30.5 Å². The fraction of sp³-hybridized carbons (Fsp3) is 0.389. The highest BCUT2D eigenvalue weighted by atomic mass is 16.6. The lowest BCUT2D eigenvalue weighted by Crippen LogP contribution is -2.29. The number of nitrogens with zero attached hydrogens (tertiary/aromatic N) is 3. The molecule has 1 N–H and O–H groups in total. The summed E-state index contributed by atoms with van der Waals surface area (Å²) in [6.45, 7) is 2.97. The maximum atomic E-state index is 11.4. The number of ether oxygens (including phenoxy) is 2. The fourth-order valence-corrected chi connectivity index (χ4v) is 3.06. The van der Waals surface area contributed by atoms with Crippen molar-refractivity contribution in [1.29, 1.82) is 0 Å². The van der Waals surface area contributed by atoms with Crippen LogP contribution in [0.1, 0.15) is 12.0 Å². The Morgan fingerprint density at radius 3 is 3.04 bits per heavy atom. The molecule has 0 aliphatic carbocycles. The molecule has 2 aliphatic heterocycles. The largest absolute Gasteiger partial charge is 0.490 e. The van der Waals surface area contributed by atoms with E-state index in [0.717, 1.165) is 36.3 Å². The standard InChI is InChI=1S/C18H20N4O3/c23-18-22(5-7-25-18)4-6-24-16-9-15(10-19-12-16)14-8-13-2-1-3-20-17(13)21-11-14/h8-12H,1-7H2,(H,20,21). The first-order chi connectivity index (χ1) is 12.3. The van der Waals surface area contributed by atoms with Crippen molar-refractivity contribution in [1.82, 2.24) is 14.9 Å². The summed E-state index contributed by atoms with van der Waals surface area (Å²) in [4.78, 5) is 21.8. The highest BCUT2D eigenvalue weighted by Gasteiger charge is 2.21. The van der Waals surface area contributed by atoms with E-state index in [0.29, 0.717) is 32.1 Å². The van der Waals surface area contributed by atoms with E-state index in [1.165, 1.54) is 5.56 Å². The number of carbonyl (C=O) groups is 1. The predicted molar refractivity (Wildman–Crippen MR) is 92.7 cm³/mol. The number of amides is 1. The van der Waals surface area contributed by atoms with Crippen LogP contribution in [0, 0.1) is 0 Å². The number of nitrogens with one attached hydrogen (secondary N) is 1. The zero-order valence-electron chi connectivity index (χ0n) is 13.9. The van der Waals surface area contributed by atoms with Gasteiger partial charge in [0.2, 0.25) is 0 Å². The molecule has 4 heterocycles. The molecular formula is C18H20N4O3. The summed E-state index contributed by atoms with van der Waals surface area (Å²) in [5.41, 5.74) is 3.24. The number of anilines is 1. The summed E-state index contributed by atoms with van der Waals surface area (Å²) in [6.07, 6.45) is 7.24. The van der Waals surface area contributed by atoms with Crippen LogP contribution >= 0.6 is 0 Å². The minimum absolute atomic E-state index is 0.274. The van der Waals surface area contributed by atoms with E-state index >= 15 is 0 Å². The monoisotopic (exact) mass is 340 g/mol. The van der Waals surface area contributed by atoms with Crippen molar-refractivity contribution < 1.29 is 14.3 Å². The molecule has 4 rings (SSSR count). The summed E-state index contributed by atoms with van der Waals surface area (Å²) in [6, 6.07) is 4.12. The number of aryl methyl sites for hydroxylation is 1. The second-order valence-corrected chi connectivity index (χ2v) is 6.12. The van der Waals surface area contributed by atoms with Gasteiger partial charge in [-0.2, -0.15) is 0 Å². The molecule has 0 aromatic carbocycles. The molecule has 0 unspecified atom stereocenters. The van der Waals surface area contributed by atoms with Crippen molar-refractivity contribution in [3.63, 3.8) is 0 Å². The Labute approximate surface area is 146 Å². The van der Waals surface area contributed by atoms with Crippen molar-refractivity contribution in [2.24, 2.45) is 0 Å². The lowest BCUT2D eigenvalue weighted by molar-refractivity contribution is 0.153. The first-order valence-electron chi connectivity index (χ1n) is 8.52. The number of pyridine rings is 2. The van der Waals surface area contributed by atoms with Gasteiger partial charge in [-0.25, -0.2) is 9.78 Å². The normalized spacial score (nSPS) is 16.2. The first-order valence-corrected chi connectivity index (χ1v) is 8.52. The summed E-state index contributed by atoms with van der Waals surface area (Å²) in [5, 5.41) is 3.32. The number of hydrogen-bond donors (Lipinski definition) is 1. The smallest absolute Gasteiger partial charge is 0.410 e. The molecule has 2 aromatic rings. The SMILES string of the molecule is O=C1OCCN1CCOc1cncc(-c2cnc3c(c2)CCCN3)c1. The lowest BCUT2D eigenvalue weighted by atomic mass is 10.0. The van der Waals surface area contributed by atoms with E-state index < -0.39 is 0 Å². The second kappa shape index (κ2) is 6.96. The van der Waals surface area contributed by atoms with Gasteiger partial charge >= 0.3 is 6.09 Å². The minimum atomic E-state index is -0.274. The molecule has 130 valence electrons. The van der Waals surface area contributed by atoms with Gasteiger partial charge in [-0.15, -0.1) is 0 Å². The summed E-state index contributed by atoms with van der Waals surface area (Å²) < 4.78 is 10.6. The van der Waals surface area contributed by atoms with Gasteiger partial charge in [0, 0.05) is 30.1 Å². The van der Waals surface area contributed by atoms with Crippen molar-refractivity contribution >= 4 is 11.9 Å². The van der Waals surface area contributed by atoms with E-state index in [4.69, 9.17) is 9.47 Å². The van der Waals surface area contributed by atoms with Gasteiger partial charge in [-0.1, -0.05) is 0 Å². The lowest BCUT2D eigenvalue weighted by Gasteiger charge is -2.17. The van der Waals surface area contributed by atoms with Crippen molar-refractivity contribution in [2.45, 2.75) is 12.8 Å². The maximum absolute atomic E-state index is 11.4. The second-order valence-electron chi connectivity index (χ2n) is 6.12. The number of aromatic nitrogens is 2. The van der Waals surface area contributed by atoms with Gasteiger partial charge in [-0.3, -0.25) is 4.98 Å². The third kappa shape index (κ3) is 3.50. The Morgan fingerprint density at radius 2 is 2.16 bits per heavy atom. The third-order valence-corrected chi connectivity index (χ3v) is 4.40. The van der Waals surface area contributed by atoms with Gasteiger partial charge in [0.05, 0.1) is 19.3 Å². The van der Waals surface area contributed by atoms with E-state index in [2.05, 4.69) is 21.4 Å². The molecule has 2 aliphatic rings. The van der Waals surface area contributed by atoms with E-state index in [9.17, 15) is 4.79 Å². The molecule has 2 aromatic heterocycles. The number of fused-ring (bicyclic) bond motifs is 1. The van der Waals surface area contributed by atoms with Gasteiger partial charge < -0.3 is 19.7 Å². The Morgan fingerprint density at radius 1 is 1.24 bits per heavy atom. The third-order valence-electron chi connectivity index (χ3n) is 4.40. The highest BCUT2D eigenvalue weighted by molar-refractivity contribution is 5.69. The van der Waals surface area contributed by atoms with Crippen molar-refractivity contribution in [3.05, 3.63) is 36.3 Å². The molecule has 0 spiro atoms. The highest BCUT2D eigenvalue weighted by Crippen LogP contribution is 2.27. The average Bonchev–Trinajstić information content (AvgIpc) is 3.06. The van der Waals surface area contributed by atoms with Crippen LogP contribution in [-0.2, 0) is 11.2 Å². The van der Waals surface area contributed by atoms with Crippen LogP contribution in [0.5, 0.6) is 5.75 Å². The zero-order valence-corrected chi connectivity index (χ0v) is 13.9. The van der Waals surface area contributed by atoms with Crippen molar-refractivity contribution in [3.8, 4) is 16.9 Å². The molecule has 7 heteroatoms. The molecule has 1 amide bonds. The van der Waals surface area contributed by atoms with Crippen LogP contribution in [0.25, 0.3) is 11.1 Å². The number of rotatable bonds is 5. The summed E-state index contributed by atoms with van der Waals surface area (Å²) in [5.74, 6) is 1.66. The van der Waals surface area contributed by atoms with Crippen LogP contribution in [0.15, 0.2) is 30.7 Å². The van der Waals surface area contributed by atoms with Crippen molar-refractivity contribution in [2.75, 3.05) is 38.2 Å². The Kier molecular flexibility index (Phi) is 4.37. The Bertz CT molecular complexity index is 781. The van der Waals surface area contributed by atoms with Gasteiger partial charge in [0.25, 0.3) is 0 Å².